The highest BCUT2D eigenvalue weighted by atomic mass is 15.0. The highest BCUT2D eigenvalue weighted by Gasteiger charge is 2.52. The zero-order chi connectivity index (χ0) is 10.0. The maximum Gasteiger partial charge on any atom is 0.00790 e. The minimum atomic E-state index is 0.620. The van der Waals surface area contributed by atoms with Crippen LogP contribution in [0, 0.1) is 11.3 Å². The molecule has 0 heterocycles. The van der Waals surface area contributed by atoms with Crippen molar-refractivity contribution < 1.29 is 0 Å². The third-order valence-corrected chi connectivity index (χ3v) is 3.67. The van der Waals surface area contributed by atoms with E-state index in [0.29, 0.717) is 6.04 Å². The highest BCUT2D eigenvalue weighted by molar-refractivity contribution is 5.04. The van der Waals surface area contributed by atoms with Gasteiger partial charge in [0.05, 0.1) is 0 Å². The van der Waals surface area contributed by atoms with E-state index in [0.717, 1.165) is 24.4 Å². The van der Waals surface area contributed by atoms with E-state index in [1.54, 1.807) is 0 Å². The van der Waals surface area contributed by atoms with Gasteiger partial charge in [-0.05, 0) is 37.0 Å². The molecule has 2 heteroatoms. The van der Waals surface area contributed by atoms with Crippen LogP contribution in [-0.2, 0) is 0 Å². The molecule has 0 spiro atoms. The summed E-state index contributed by atoms with van der Waals surface area (Å²) in [6.07, 6.45) is 5.99. The molecular weight excluding hydrogens is 172 g/mol. The third kappa shape index (κ3) is 2.71. The van der Waals surface area contributed by atoms with Gasteiger partial charge in [0.1, 0.15) is 0 Å². The molecule has 2 aliphatic carbocycles. The molecule has 0 saturated heterocycles. The lowest BCUT2D eigenvalue weighted by molar-refractivity contribution is 0.401. The average molecular weight is 196 g/mol. The van der Waals surface area contributed by atoms with Crippen molar-refractivity contribution in [1.82, 2.24) is 10.6 Å². The molecule has 0 atom stereocenters. The van der Waals surface area contributed by atoms with Gasteiger partial charge in [0.15, 0.2) is 0 Å². The lowest BCUT2D eigenvalue weighted by Gasteiger charge is -2.15. The van der Waals surface area contributed by atoms with Gasteiger partial charge >= 0.3 is 0 Å². The smallest absolute Gasteiger partial charge is 0.00790 e. The van der Waals surface area contributed by atoms with E-state index in [9.17, 15) is 0 Å². The fourth-order valence-corrected chi connectivity index (χ4v) is 2.37. The van der Waals surface area contributed by atoms with Crippen LogP contribution < -0.4 is 10.6 Å². The average Bonchev–Trinajstić information content (AvgIpc) is 2.98. The second-order valence-corrected chi connectivity index (χ2v) is 5.42. The van der Waals surface area contributed by atoms with Crippen LogP contribution in [0.3, 0.4) is 0 Å². The Labute approximate surface area is 87.8 Å². The van der Waals surface area contributed by atoms with E-state index >= 15 is 0 Å². The fourth-order valence-electron chi connectivity index (χ4n) is 2.37. The predicted molar refractivity (Wildman–Crippen MR) is 60.4 cm³/mol. The first-order valence-corrected chi connectivity index (χ1v) is 6.17. The largest absolute Gasteiger partial charge is 0.315 e. The second kappa shape index (κ2) is 4.19. The summed E-state index contributed by atoms with van der Waals surface area (Å²) in [5.74, 6) is 1.09. The Hall–Kier alpha value is -0.0800. The monoisotopic (exact) mass is 196 g/mol. The van der Waals surface area contributed by atoms with Gasteiger partial charge in [-0.3, -0.25) is 0 Å². The molecule has 0 unspecified atom stereocenters. The molecule has 0 aromatic carbocycles. The summed E-state index contributed by atoms with van der Waals surface area (Å²) in [6.45, 7) is 7.92. The number of hydrogen-bond donors (Lipinski definition) is 2. The fraction of sp³-hybridized carbons (Fsp3) is 1.00. The van der Waals surface area contributed by atoms with E-state index in [1.807, 2.05) is 0 Å². The van der Waals surface area contributed by atoms with Crippen LogP contribution in [0.25, 0.3) is 0 Å². The Morgan fingerprint density at radius 3 is 2.43 bits per heavy atom. The molecular formula is C12H24N2. The molecule has 0 aromatic rings. The summed E-state index contributed by atoms with van der Waals surface area (Å²) in [5, 5.41) is 7.04. The van der Waals surface area contributed by atoms with Gasteiger partial charge in [0.25, 0.3) is 0 Å². The Morgan fingerprint density at radius 1 is 1.21 bits per heavy atom. The normalized spacial score (nSPS) is 24.2. The molecule has 2 fully saturated rings. The maximum atomic E-state index is 3.60. The number of nitrogens with one attached hydrogen (secondary N) is 2. The summed E-state index contributed by atoms with van der Waals surface area (Å²) >= 11 is 0. The topological polar surface area (TPSA) is 24.1 Å². The zero-order valence-electron chi connectivity index (χ0n) is 9.60. The lowest BCUT2D eigenvalue weighted by atomic mass is 10.0. The summed E-state index contributed by atoms with van der Waals surface area (Å²) < 4.78 is 0. The molecule has 0 bridgehead atoms. The first-order chi connectivity index (χ1) is 6.73. The molecule has 0 aliphatic heterocycles. The van der Waals surface area contributed by atoms with Crippen molar-refractivity contribution in [3.05, 3.63) is 0 Å². The van der Waals surface area contributed by atoms with Gasteiger partial charge < -0.3 is 10.6 Å². The second-order valence-electron chi connectivity index (χ2n) is 5.42. The minimum Gasteiger partial charge on any atom is -0.315 e. The first kappa shape index (κ1) is 10.4. The van der Waals surface area contributed by atoms with Gasteiger partial charge in [0.2, 0.25) is 0 Å². The van der Waals surface area contributed by atoms with Crippen molar-refractivity contribution in [2.45, 2.75) is 45.6 Å². The molecule has 2 rings (SSSR count). The van der Waals surface area contributed by atoms with E-state index in [-0.39, 0.29) is 0 Å². The van der Waals surface area contributed by atoms with Crippen molar-refractivity contribution in [2.24, 2.45) is 11.3 Å². The van der Waals surface area contributed by atoms with Crippen molar-refractivity contribution in [2.75, 3.05) is 19.6 Å². The lowest BCUT2D eigenvalue weighted by Crippen LogP contribution is -2.34. The van der Waals surface area contributed by atoms with Gasteiger partial charge in [-0.2, -0.15) is 0 Å². The van der Waals surface area contributed by atoms with Crippen LogP contribution in [0.2, 0.25) is 0 Å². The van der Waals surface area contributed by atoms with Crippen LogP contribution in [0.1, 0.15) is 39.5 Å². The number of rotatable bonds is 7. The third-order valence-electron chi connectivity index (χ3n) is 3.67. The Kier molecular flexibility index (Phi) is 3.13. The van der Waals surface area contributed by atoms with Crippen molar-refractivity contribution in [3.8, 4) is 0 Å². The van der Waals surface area contributed by atoms with Crippen LogP contribution >= 0.6 is 0 Å². The summed E-state index contributed by atoms with van der Waals surface area (Å²) in [6, 6.07) is 0.620. The molecule has 2 aliphatic rings. The molecule has 0 aromatic heterocycles. The minimum absolute atomic E-state index is 0.620. The molecule has 82 valence electrons. The van der Waals surface area contributed by atoms with Gasteiger partial charge in [-0.15, -0.1) is 0 Å². The zero-order valence-corrected chi connectivity index (χ0v) is 9.60. The van der Waals surface area contributed by atoms with Gasteiger partial charge in [0, 0.05) is 25.7 Å². The summed E-state index contributed by atoms with van der Waals surface area (Å²) in [7, 11) is 0. The standard InChI is InChI=1S/C12H24N2/c1-10(2)14-8-7-13-9-12(5-6-12)11-3-4-11/h10-11,13-14H,3-9H2,1-2H3. The van der Waals surface area contributed by atoms with Crippen LogP contribution in [0.4, 0.5) is 0 Å². The van der Waals surface area contributed by atoms with Crippen molar-refractivity contribution in [3.63, 3.8) is 0 Å². The van der Waals surface area contributed by atoms with Gasteiger partial charge in [-0.1, -0.05) is 13.8 Å². The summed E-state index contributed by atoms with van der Waals surface area (Å²) in [5.41, 5.74) is 0.762. The SMILES string of the molecule is CC(C)NCCNCC1(C2CC2)CC1. The summed E-state index contributed by atoms with van der Waals surface area (Å²) in [4.78, 5) is 0. The molecule has 2 N–H and O–H groups in total. The van der Waals surface area contributed by atoms with Gasteiger partial charge in [-0.25, -0.2) is 0 Å². The van der Waals surface area contributed by atoms with E-state index < -0.39 is 0 Å². The van der Waals surface area contributed by atoms with Crippen LogP contribution in [-0.4, -0.2) is 25.7 Å². The van der Waals surface area contributed by atoms with E-state index in [1.165, 1.54) is 32.2 Å². The molecule has 0 amide bonds. The Morgan fingerprint density at radius 2 is 1.93 bits per heavy atom. The first-order valence-electron chi connectivity index (χ1n) is 6.17. The van der Waals surface area contributed by atoms with Crippen LogP contribution in [0.5, 0.6) is 0 Å². The number of hydrogen-bond acceptors (Lipinski definition) is 2. The highest BCUT2D eigenvalue weighted by Crippen LogP contribution is 2.60. The maximum absolute atomic E-state index is 3.60. The van der Waals surface area contributed by atoms with E-state index in [4.69, 9.17) is 0 Å². The van der Waals surface area contributed by atoms with Crippen molar-refractivity contribution >= 4 is 0 Å². The van der Waals surface area contributed by atoms with Crippen molar-refractivity contribution in [1.29, 1.82) is 0 Å². The quantitative estimate of drug-likeness (QED) is 0.606. The van der Waals surface area contributed by atoms with Crippen LogP contribution in [0.15, 0.2) is 0 Å². The molecule has 0 radical (unpaired) electrons. The Balaban J connectivity index is 1.51. The predicted octanol–water partition coefficient (Wildman–Crippen LogP) is 1.76. The molecule has 2 saturated carbocycles. The van der Waals surface area contributed by atoms with E-state index in [2.05, 4.69) is 24.5 Å². The molecule has 14 heavy (non-hydrogen) atoms. The Bertz CT molecular complexity index is 181. The molecule has 2 nitrogen and oxygen atoms in total.